The van der Waals surface area contributed by atoms with Gasteiger partial charge in [0, 0.05) is 18.5 Å². The minimum Gasteiger partial charge on any atom is -0.326 e. The molecule has 0 unspecified atom stereocenters. The quantitative estimate of drug-likeness (QED) is 0.495. The summed E-state index contributed by atoms with van der Waals surface area (Å²) in [6.45, 7) is 2.14. The van der Waals surface area contributed by atoms with Crippen LogP contribution in [0.5, 0.6) is 0 Å². The number of H-pyrrole nitrogens is 1. The molecular formula is C23H23N5O2. The predicted molar refractivity (Wildman–Crippen MR) is 117 cm³/mol. The first kappa shape index (κ1) is 19.6. The largest absolute Gasteiger partial charge is 0.326 e. The van der Waals surface area contributed by atoms with Crippen molar-refractivity contribution in [3.05, 3.63) is 82.5 Å². The Labute approximate surface area is 173 Å². The lowest BCUT2D eigenvalue weighted by Gasteiger charge is -2.07. The van der Waals surface area contributed by atoms with E-state index in [1.165, 1.54) is 11.8 Å². The molecule has 0 saturated carbocycles. The summed E-state index contributed by atoms with van der Waals surface area (Å²) >= 11 is 0. The number of hydrogen-bond acceptors (Lipinski definition) is 4. The summed E-state index contributed by atoms with van der Waals surface area (Å²) in [4.78, 5) is 32.1. The van der Waals surface area contributed by atoms with E-state index in [2.05, 4.69) is 27.3 Å². The van der Waals surface area contributed by atoms with E-state index < -0.39 is 0 Å². The number of fused-ring (bicyclic) bond motifs is 1. The lowest BCUT2D eigenvalue weighted by Crippen LogP contribution is -2.16. The topological polar surface area (TPSA) is 92.7 Å². The van der Waals surface area contributed by atoms with Crippen LogP contribution in [0.15, 0.2) is 65.6 Å². The molecule has 2 aromatic carbocycles. The Balaban J connectivity index is 1.47. The van der Waals surface area contributed by atoms with E-state index >= 15 is 0 Å². The first-order valence-corrected chi connectivity index (χ1v) is 10.0. The van der Waals surface area contributed by atoms with E-state index in [4.69, 9.17) is 0 Å². The molecule has 0 radical (unpaired) electrons. The van der Waals surface area contributed by atoms with E-state index in [1.807, 2.05) is 54.6 Å². The Morgan fingerprint density at radius 1 is 1.07 bits per heavy atom. The van der Waals surface area contributed by atoms with Gasteiger partial charge in [-0.25, -0.2) is 9.67 Å². The Bertz CT molecular complexity index is 1210. The molecule has 152 valence electrons. The third kappa shape index (κ3) is 4.30. The second kappa shape index (κ2) is 8.73. The van der Waals surface area contributed by atoms with Crippen LogP contribution in [0.25, 0.3) is 16.7 Å². The van der Waals surface area contributed by atoms with Crippen LogP contribution in [0.3, 0.4) is 0 Å². The first-order valence-electron chi connectivity index (χ1n) is 10.0. The van der Waals surface area contributed by atoms with E-state index in [0.717, 1.165) is 24.2 Å². The van der Waals surface area contributed by atoms with Gasteiger partial charge in [-0.2, -0.15) is 5.10 Å². The molecule has 7 heteroatoms. The van der Waals surface area contributed by atoms with Crippen molar-refractivity contribution in [3.63, 3.8) is 0 Å². The molecule has 0 saturated heterocycles. The standard InChI is InChI=1S/C23H23N5O2/c1-2-6-16-9-11-17(12-10-16)25-21(29)14-13-20-26-22-19(23(30)27-20)15-24-28(22)18-7-4-3-5-8-18/h3-5,7-12,15H,2,6,13-14H2,1H3,(H,25,29)(H,26,27,30). The highest BCUT2D eigenvalue weighted by Gasteiger charge is 2.12. The number of aromatic nitrogens is 4. The summed E-state index contributed by atoms with van der Waals surface area (Å²) in [7, 11) is 0. The maximum atomic E-state index is 12.4. The van der Waals surface area contributed by atoms with Crippen LogP contribution < -0.4 is 10.9 Å². The Hall–Kier alpha value is -3.74. The zero-order valence-corrected chi connectivity index (χ0v) is 16.8. The van der Waals surface area contributed by atoms with Gasteiger partial charge < -0.3 is 10.3 Å². The highest BCUT2D eigenvalue weighted by Crippen LogP contribution is 2.14. The summed E-state index contributed by atoms with van der Waals surface area (Å²) < 4.78 is 1.63. The van der Waals surface area contributed by atoms with Crippen LogP contribution in [-0.2, 0) is 17.6 Å². The zero-order chi connectivity index (χ0) is 20.9. The number of nitrogens with one attached hydrogen (secondary N) is 2. The third-order valence-corrected chi connectivity index (χ3v) is 4.85. The van der Waals surface area contributed by atoms with E-state index in [-0.39, 0.29) is 17.9 Å². The molecule has 2 aromatic heterocycles. The van der Waals surface area contributed by atoms with Gasteiger partial charge in [0.15, 0.2) is 5.65 Å². The fraction of sp³-hybridized carbons (Fsp3) is 0.217. The van der Waals surface area contributed by atoms with Crippen molar-refractivity contribution >= 4 is 22.6 Å². The van der Waals surface area contributed by atoms with Crippen LogP contribution in [-0.4, -0.2) is 25.7 Å². The van der Waals surface area contributed by atoms with Gasteiger partial charge >= 0.3 is 0 Å². The molecule has 7 nitrogen and oxygen atoms in total. The fourth-order valence-electron chi connectivity index (χ4n) is 3.34. The van der Waals surface area contributed by atoms with Crippen molar-refractivity contribution < 1.29 is 4.79 Å². The van der Waals surface area contributed by atoms with Crippen LogP contribution >= 0.6 is 0 Å². The molecule has 0 aliphatic heterocycles. The maximum absolute atomic E-state index is 12.4. The van der Waals surface area contributed by atoms with E-state index in [0.29, 0.717) is 23.3 Å². The average molecular weight is 401 g/mol. The fourth-order valence-corrected chi connectivity index (χ4v) is 3.34. The monoisotopic (exact) mass is 401 g/mol. The van der Waals surface area contributed by atoms with Crippen molar-refractivity contribution in [2.75, 3.05) is 5.32 Å². The number of rotatable bonds is 7. The number of hydrogen-bond donors (Lipinski definition) is 2. The van der Waals surface area contributed by atoms with Crippen LogP contribution in [0.2, 0.25) is 0 Å². The van der Waals surface area contributed by atoms with Gasteiger partial charge in [-0.1, -0.05) is 43.7 Å². The number of aromatic amines is 1. The maximum Gasteiger partial charge on any atom is 0.262 e. The van der Waals surface area contributed by atoms with Gasteiger partial charge in [0.2, 0.25) is 5.91 Å². The predicted octanol–water partition coefficient (Wildman–Crippen LogP) is 3.63. The van der Waals surface area contributed by atoms with E-state index in [1.54, 1.807) is 4.68 Å². The van der Waals surface area contributed by atoms with Crippen LogP contribution in [0.1, 0.15) is 31.2 Å². The van der Waals surface area contributed by atoms with Gasteiger partial charge in [0.05, 0.1) is 11.9 Å². The number of aryl methyl sites for hydroxylation is 2. The number of para-hydroxylation sites is 1. The van der Waals surface area contributed by atoms with Gasteiger partial charge in [0.1, 0.15) is 11.2 Å². The normalized spacial score (nSPS) is 11.0. The molecule has 2 heterocycles. The van der Waals surface area contributed by atoms with E-state index in [9.17, 15) is 9.59 Å². The smallest absolute Gasteiger partial charge is 0.262 e. The highest BCUT2D eigenvalue weighted by molar-refractivity contribution is 5.90. The lowest BCUT2D eigenvalue weighted by atomic mass is 10.1. The second-order valence-electron chi connectivity index (χ2n) is 7.14. The molecular weight excluding hydrogens is 378 g/mol. The number of nitrogens with zero attached hydrogens (tertiary/aromatic N) is 3. The second-order valence-corrected chi connectivity index (χ2v) is 7.14. The van der Waals surface area contributed by atoms with Crippen molar-refractivity contribution in [1.82, 2.24) is 19.7 Å². The summed E-state index contributed by atoms with van der Waals surface area (Å²) in [6, 6.07) is 17.4. The van der Waals surface area contributed by atoms with Crippen LogP contribution in [0.4, 0.5) is 5.69 Å². The van der Waals surface area contributed by atoms with Crippen molar-refractivity contribution in [3.8, 4) is 5.69 Å². The Morgan fingerprint density at radius 2 is 1.83 bits per heavy atom. The molecule has 1 amide bonds. The van der Waals surface area contributed by atoms with Gasteiger partial charge in [-0.05, 0) is 36.2 Å². The molecule has 0 atom stereocenters. The molecule has 0 aliphatic carbocycles. The molecule has 4 aromatic rings. The average Bonchev–Trinajstić information content (AvgIpc) is 3.19. The SMILES string of the molecule is CCCc1ccc(NC(=O)CCc2nc3c(cnn3-c3ccccc3)c(=O)[nH]2)cc1. The number of benzene rings is 2. The minimum atomic E-state index is -0.260. The Morgan fingerprint density at radius 3 is 2.57 bits per heavy atom. The zero-order valence-electron chi connectivity index (χ0n) is 16.8. The first-order chi connectivity index (χ1) is 14.6. The lowest BCUT2D eigenvalue weighted by molar-refractivity contribution is -0.116. The number of carbonyl (C=O) groups excluding carboxylic acids is 1. The van der Waals surface area contributed by atoms with Crippen molar-refractivity contribution in [1.29, 1.82) is 0 Å². The van der Waals surface area contributed by atoms with Gasteiger partial charge in [0.25, 0.3) is 5.56 Å². The highest BCUT2D eigenvalue weighted by atomic mass is 16.1. The summed E-state index contributed by atoms with van der Waals surface area (Å²) in [5, 5.41) is 7.60. The van der Waals surface area contributed by atoms with Crippen LogP contribution in [0, 0.1) is 0 Å². The molecule has 0 fully saturated rings. The van der Waals surface area contributed by atoms with Gasteiger partial charge in [-0.3, -0.25) is 9.59 Å². The van der Waals surface area contributed by atoms with Gasteiger partial charge in [-0.15, -0.1) is 0 Å². The molecule has 0 spiro atoms. The molecule has 2 N–H and O–H groups in total. The number of carbonyl (C=O) groups is 1. The molecule has 0 bridgehead atoms. The number of anilines is 1. The number of amides is 1. The summed E-state index contributed by atoms with van der Waals surface area (Å²) in [5.74, 6) is 0.330. The van der Waals surface area contributed by atoms with Crippen molar-refractivity contribution in [2.45, 2.75) is 32.6 Å². The third-order valence-electron chi connectivity index (χ3n) is 4.85. The Kier molecular flexibility index (Phi) is 5.70. The molecule has 0 aliphatic rings. The minimum absolute atomic E-state index is 0.127. The molecule has 4 rings (SSSR count). The molecule has 30 heavy (non-hydrogen) atoms. The van der Waals surface area contributed by atoms with Crippen molar-refractivity contribution in [2.24, 2.45) is 0 Å². The summed E-state index contributed by atoms with van der Waals surface area (Å²) in [5.41, 5.74) is 3.05. The summed E-state index contributed by atoms with van der Waals surface area (Å²) in [6.07, 6.45) is 4.15.